The molecular weight excluding hydrogens is 362 g/mol. The topological polar surface area (TPSA) is 46.5 Å². The summed E-state index contributed by atoms with van der Waals surface area (Å²) in [7, 11) is 1.46. The monoisotopic (exact) mass is 383 g/mol. The average Bonchev–Trinajstić information content (AvgIpc) is 2.94. The van der Waals surface area contributed by atoms with Crippen LogP contribution in [0.25, 0.3) is 10.9 Å². The third-order valence-electron chi connectivity index (χ3n) is 5.59. The molecule has 27 heavy (non-hydrogen) atoms. The number of methoxy groups -OCH3 is 1. The second kappa shape index (κ2) is 6.91. The van der Waals surface area contributed by atoms with Gasteiger partial charge in [0, 0.05) is 42.8 Å². The molecule has 1 atom stereocenters. The highest BCUT2D eigenvalue weighted by molar-refractivity contribution is 6.06. The van der Waals surface area contributed by atoms with Crippen molar-refractivity contribution in [2.24, 2.45) is 0 Å². The molecule has 0 amide bonds. The molecule has 2 aliphatic heterocycles. The standard InChI is InChI=1S/C21H21N3O2.ClH/c1-26-21(25)19-15-7-3-5-9-17(15)24-13-14-6-2-4-8-16(14)23-11-10-22-12-18(23)20(19)24;/h2-9,18,22H,10-13H2,1H3;1H. The van der Waals surface area contributed by atoms with Gasteiger partial charge in [-0.15, -0.1) is 12.4 Å². The molecule has 5 rings (SSSR count). The van der Waals surface area contributed by atoms with Crippen LogP contribution in [0.1, 0.15) is 27.7 Å². The maximum absolute atomic E-state index is 12.7. The van der Waals surface area contributed by atoms with Crippen molar-refractivity contribution in [2.75, 3.05) is 31.6 Å². The van der Waals surface area contributed by atoms with Gasteiger partial charge in [0.25, 0.3) is 0 Å². The van der Waals surface area contributed by atoms with Crippen LogP contribution in [0.4, 0.5) is 5.69 Å². The number of halogens is 1. The molecular formula is C21H22ClN3O2. The first kappa shape index (κ1) is 17.9. The predicted molar refractivity (Wildman–Crippen MR) is 109 cm³/mol. The summed E-state index contributed by atoms with van der Waals surface area (Å²) in [5.41, 5.74) is 5.40. The molecule has 1 N–H and O–H groups in total. The van der Waals surface area contributed by atoms with Crippen molar-refractivity contribution in [3.8, 4) is 0 Å². The van der Waals surface area contributed by atoms with Crippen LogP contribution in [0, 0.1) is 0 Å². The van der Waals surface area contributed by atoms with Gasteiger partial charge in [-0.3, -0.25) is 0 Å². The largest absolute Gasteiger partial charge is 0.465 e. The van der Waals surface area contributed by atoms with Crippen molar-refractivity contribution in [2.45, 2.75) is 12.6 Å². The molecule has 2 aliphatic rings. The van der Waals surface area contributed by atoms with Gasteiger partial charge in [0.2, 0.25) is 0 Å². The molecule has 0 bridgehead atoms. The molecule has 0 aliphatic carbocycles. The van der Waals surface area contributed by atoms with E-state index in [4.69, 9.17) is 4.74 Å². The number of ether oxygens (including phenoxy) is 1. The molecule has 0 saturated carbocycles. The summed E-state index contributed by atoms with van der Waals surface area (Å²) in [4.78, 5) is 15.2. The van der Waals surface area contributed by atoms with E-state index in [2.05, 4.69) is 45.1 Å². The van der Waals surface area contributed by atoms with E-state index in [1.807, 2.05) is 18.2 Å². The van der Waals surface area contributed by atoms with Crippen LogP contribution in [0.5, 0.6) is 0 Å². The maximum Gasteiger partial charge on any atom is 0.340 e. The number of piperazine rings is 1. The van der Waals surface area contributed by atoms with Crippen molar-refractivity contribution >= 4 is 35.0 Å². The molecule has 5 nitrogen and oxygen atoms in total. The van der Waals surface area contributed by atoms with Crippen molar-refractivity contribution in [3.05, 3.63) is 65.4 Å². The van der Waals surface area contributed by atoms with E-state index in [9.17, 15) is 4.79 Å². The number of rotatable bonds is 1. The van der Waals surface area contributed by atoms with Crippen molar-refractivity contribution in [1.82, 2.24) is 9.88 Å². The number of para-hydroxylation sites is 2. The first-order valence-corrected chi connectivity index (χ1v) is 9.04. The van der Waals surface area contributed by atoms with E-state index in [0.717, 1.165) is 42.8 Å². The SMILES string of the molecule is COC(=O)c1c2n(c3ccccc13)Cc1ccccc1N1CCNCC21.Cl. The van der Waals surface area contributed by atoms with Crippen LogP contribution in [-0.4, -0.2) is 37.3 Å². The lowest BCUT2D eigenvalue weighted by Gasteiger charge is -2.37. The lowest BCUT2D eigenvalue weighted by Crippen LogP contribution is -2.46. The number of aromatic nitrogens is 1. The Morgan fingerprint density at radius 1 is 1.15 bits per heavy atom. The molecule has 0 spiro atoms. The van der Waals surface area contributed by atoms with Crippen molar-refractivity contribution < 1.29 is 9.53 Å². The van der Waals surface area contributed by atoms with Crippen LogP contribution >= 0.6 is 12.4 Å². The molecule has 140 valence electrons. The summed E-state index contributed by atoms with van der Waals surface area (Å²) in [6.07, 6.45) is 0. The van der Waals surface area contributed by atoms with Gasteiger partial charge in [0.15, 0.2) is 0 Å². The number of carbonyl (C=O) groups is 1. The van der Waals surface area contributed by atoms with E-state index in [-0.39, 0.29) is 24.4 Å². The zero-order valence-corrected chi connectivity index (χ0v) is 16.0. The van der Waals surface area contributed by atoms with E-state index in [1.54, 1.807) is 0 Å². The minimum atomic E-state index is -0.258. The number of hydrogen-bond acceptors (Lipinski definition) is 4. The van der Waals surface area contributed by atoms with Gasteiger partial charge >= 0.3 is 5.97 Å². The average molecular weight is 384 g/mol. The molecule has 0 radical (unpaired) electrons. The summed E-state index contributed by atoms with van der Waals surface area (Å²) < 4.78 is 7.48. The Bertz CT molecular complexity index is 1010. The molecule has 1 unspecified atom stereocenters. The number of anilines is 1. The fourth-order valence-electron chi connectivity index (χ4n) is 4.49. The predicted octanol–water partition coefficient (Wildman–Crippen LogP) is 3.36. The quantitative estimate of drug-likeness (QED) is 0.654. The van der Waals surface area contributed by atoms with Gasteiger partial charge in [-0.25, -0.2) is 4.79 Å². The summed E-state index contributed by atoms with van der Waals surface area (Å²) in [6.45, 7) is 3.44. The van der Waals surface area contributed by atoms with E-state index in [1.165, 1.54) is 18.4 Å². The van der Waals surface area contributed by atoms with Gasteiger partial charge in [-0.1, -0.05) is 36.4 Å². The molecule has 2 aromatic carbocycles. The Balaban J connectivity index is 0.00000180. The first-order chi connectivity index (χ1) is 12.8. The van der Waals surface area contributed by atoms with Gasteiger partial charge in [-0.2, -0.15) is 0 Å². The van der Waals surface area contributed by atoms with Gasteiger partial charge in [-0.05, 0) is 17.7 Å². The Labute approximate surface area is 164 Å². The number of fused-ring (bicyclic) bond motifs is 7. The Morgan fingerprint density at radius 3 is 2.78 bits per heavy atom. The number of carbonyl (C=O) groups excluding carboxylic acids is 1. The minimum Gasteiger partial charge on any atom is -0.465 e. The minimum absolute atomic E-state index is 0. The first-order valence-electron chi connectivity index (χ1n) is 9.04. The third-order valence-corrected chi connectivity index (χ3v) is 5.59. The van der Waals surface area contributed by atoms with Gasteiger partial charge < -0.3 is 19.5 Å². The van der Waals surface area contributed by atoms with Crippen LogP contribution in [-0.2, 0) is 11.3 Å². The number of benzene rings is 2. The Kier molecular flexibility index (Phi) is 4.58. The van der Waals surface area contributed by atoms with E-state index >= 15 is 0 Å². The van der Waals surface area contributed by atoms with E-state index < -0.39 is 0 Å². The Hall–Kier alpha value is -2.50. The summed E-state index contributed by atoms with van der Waals surface area (Å²) in [5.74, 6) is -0.258. The molecule has 1 saturated heterocycles. The van der Waals surface area contributed by atoms with E-state index in [0.29, 0.717) is 5.56 Å². The van der Waals surface area contributed by atoms with Crippen LogP contribution < -0.4 is 10.2 Å². The van der Waals surface area contributed by atoms with Crippen molar-refractivity contribution in [1.29, 1.82) is 0 Å². The molecule has 3 heterocycles. The van der Waals surface area contributed by atoms with Crippen LogP contribution in [0.3, 0.4) is 0 Å². The maximum atomic E-state index is 12.7. The number of hydrogen-bond donors (Lipinski definition) is 1. The smallest absolute Gasteiger partial charge is 0.340 e. The van der Waals surface area contributed by atoms with Gasteiger partial charge in [0.05, 0.1) is 24.4 Å². The lowest BCUT2D eigenvalue weighted by molar-refractivity contribution is 0.0600. The molecule has 1 aromatic heterocycles. The lowest BCUT2D eigenvalue weighted by atomic mass is 10.0. The highest BCUT2D eigenvalue weighted by Gasteiger charge is 2.36. The summed E-state index contributed by atoms with van der Waals surface area (Å²) in [5, 5.41) is 4.48. The highest BCUT2D eigenvalue weighted by Crippen LogP contribution is 2.40. The zero-order valence-electron chi connectivity index (χ0n) is 15.1. The normalized spacial score (nSPS) is 18.0. The molecule has 1 fully saturated rings. The molecule has 6 heteroatoms. The van der Waals surface area contributed by atoms with Gasteiger partial charge in [0.1, 0.15) is 0 Å². The van der Waals surface area contributed by atoms with Crippen LogP contribution in [0.15, 0.2) is 48.5 Å². The molecule has 3 aromatic rings. The van der Waals surface area contributed by atoms with Crippen LogP contribution in [0.2, 0.25) is 0 Å². The third kappa shape index (κ3) is 2.61. The summed E-state index contributed by atoms with van der Waals surface area (Å²) in [6, 6.07) is 16.8. The number of esters is 1. The zero-order chi connectivity index (χ0) is 17.7. The summed E-state index contributed by atoms with van der Waals surface area (Å²) >= 11 is 0. The number of nitrogens with one attached hydrogen (secondary N) is 1. The highest BCUT2D eigenvalue weighted by atomic mass is 35.5. The fourth-order valence-corrected chi connectivity index (χ4v) is 4.49. The Morgan fingerprint density at radius 2 is 1.93 bits per heavy atom. The second-order valence-electron chi connectivity index (χ2n) is 6.90. The number of nitrogens with zero attached hydrogens (tertiary/aromatic N) is 2. The second-order valence-corrected chi connectivity index (χ2v) is 6.90. The van der Waals surface area contributed by atoms with Crippen molar-refractivity contribution in [3.63, 3.8) is 0 Å². The fraction of sp³-hybridized carbons (Fsp3) is 0.286.